The number of carbonyl (C=O) groups is 1. The summed E-state index contributed by atoms with van der Waals surface area (Å²) in [4.78, 5) is 16.3. The van der Waals surface area contributed by atoms with Gasteiger partial charge in [-0.1, -0.05) is 12.1 Å². The quantitative estimate of drug-likeness (QED) is 0.748. The van der Waals surface area contributed by atoms with Gasteiger partial charge in [-0.25, -0.2) is 0 Å². The molecule has 6 nitrogen and oxygen atoms in total. The predicted molar refractivity (Wildman–Crippen MR) is 111 cm³/mol. The van der Waals surface area contributed by atoms with Crippen molar-refractivity contribution in [2.45, 2.75) is 12.8 Å². The van der Waals surface area contributed by atoms with Crippen molar-refractivity contribution in [2.24, 2.45) is 0 Å². The minimum absolute atomic E-state index is 0.0550. The van der Waals surface area contributed by atoms with Gasteiger partial charge in [0.2, 0.25) is 5.91 Å². The first-order valence-corrected chi connectivity index (χ1v) is 9.89. The molecule has 0 atom stereocenters. The number of anilines is 2. The number of carbonyl (C=O) groups excluding carboxylic acids is 1. The number of nitrogens with one attached hydrogen (secondary N) is 1. The molecule has 2 aliphatic rings. The van der Waals surface area contributed by atoms with Crippen molar-refractivity contribution in [3.8, 4) is 11.5 Å². The lowest BCUT2D eigenvalue weighted by atomic mass is 10.1. The van der Waals surface area contributed by atoms with E-state index in [-0.39, 0.29) is 5.91 Å². The maximum absolute atomic E-state index is 11.4. The predicted octanol–water partition coefficient (Wildman–Crippen LogP) is 2.78. The second-order valence-corrected chi connectivity index (χ2v) is 7.25. The number of hydrogen-bond donors (Lipinski definition) is 1. The lowest BCUT2D eigenvalue weighted by Crippen LogP contribution is -2.46. The number of fused-ring (bicyclic) bond motifs is 1. The molecule has 0 unspecified atom stereocenters. The van der Waals surface area contributed by atoms with Gasteiger partial charge < -0.3 is 19.7 Å². The van der Waals surface area contributed by atoms with Gasteiger partial charge in [0.1, 0.15) is 11.5 Å². The van der Waals surface area contributed by atoms with Crippen molar-refractivity contribution in [2.75, 3.05) is 56.7 Å². The van der Waals surface area contributed by atoms with Crippen LogP contribution in [-0.4, -0.2) is 57.2 Å². The van der Waals surface area contributed by atoms with Crippen LogP contribution < -0.4 is 19.7 Å². The molecule has 1 fully saturated rings. The third-order valence-electron chi connectivity index (χ3n) is 5.39. The van der Waals surface area contributed by atoms with E-state index >= 15 is 0 Å². The normalized spacial score (nSPS) is 16.6. The Morgan fingerprint density at radius 2 is 1.89 bits per heavy atom. The molecule has 4 rings (SSSR count). The maximum atomic E-state index is 11.4. The van der Waals surface area contributed by atoms with Crippen LogP contribution in [0.15, 0.2) is 42.5 Å². The smallest absolute Gasteiger partial charge is 0.228 e. The topological polar surface area (TPSA) is 54.0 Å². The first kappa shape index (κ1) is 18.6. The summed E-state index contributed by atoms with van der Waals surface area (Å²) in [6.45, 7) is 5.83. The zero-order valence-electron chi connectivity index (χ0n) is 16.3. The molecule has 6 heteroatoms. The van der Waals surface area contributed by atoms with Gasteiger partial charge in [-0.15, -0.1) is 0 Å². The Hall–Kier alpha value is -2.73. The van der Waals surface area contributed by atoms with Gasteiger partial charge in [0.15, 0.2) is 0 Å². The number of methoxy groups -OCH3 is 1. The highest BCUT2D eigenvalue weighted by Crippen LogP contribution is 2.29. The molecule has 1 saturated heterocycles. The number of piperazine rings is 1. The molecule has 148 valence electrons. The molecule has 2 aromatic rings. The number of amides is 1. The van der Waals surface area contributed by atoms with E-state index in [1.807, 2.05) is 30.3 Å². The summed E-state index contributed by atoms with van der Waals surface area (Å²) in [6.07, 6.45) is 1.44. The fourth-order valence-electron chi connectivity index (χ4n) is 3.88. The van der Waals surface area contributed by atoms with Crippen LogP contribution in [0.3, 0.4) is 0 Å². The molecule has 28 heavy (non-hydrogen) atoms. The summed E-state index contributed by atoms with van der Waals surface area (Å²) < 4.78 is 11.4. The number of para-hydroxylation sites is 2. The van der Waals surface area contributed by atoms with Crippen molar-refractivity contribution >= 4 is 17.3 Å². The average molecular weight is 381 g/mol. The van der Waals surface area contributed by atoms with Crippen LogP contribution >= 0.6 is 0 Å². The van der Waals surface area contributed by atoms with Gasteiger partial charge >= 0.3 is 0 Å². The Bertz CT molecular complexity index is 832. The van der Waals surface area contributed by atoms with E-state index in [9.17, 15) is 4.79 Å². The van der Waals surface area contributed by atoms with Crippen LogP contribution in [0.25, 0.3) is 0 Å². The molecule has 2 aromatic carbocycles. The number of ether oxygens (including phenoxy) is 2. The molecule has 0 radical (unpaired) electrons. The van der Waals surface area contributed by atoms with E-state index in [0.29, 0.717) is 13.0 Å². The Morgan fingerprint density at radius 3 is 2.71 bits per heavy atom. The van der Waals surface area contributed by atoms with Crippen LogP contribution in [0.5, 0.6) is 11.5 Å². The number of rotatable bonds is 7. The third-order valence-corrected chi connectivity index (χ3v) is 5.39. The minimum Gasteiger partial charge on any atom is -0.495 e. The highest BCUT2D eigenvalue weighted by atomic mass is 16.5. The first-order chi connectivity index (χ1) is 13.7. The second kappa shape index (κ2) is 8.52. The molecule has 0 bridgehead atoms. The Kier molecular flexibility index (Phi) is 5.67. The van der Waals surface area contributed by atoms with E-state index in [4.69, 9.17) is 9.47 Å². The summed E-state index contributed by atoms with van der Waals surface area (Å²) in [6, 6.07) is 14.0. The van der Waals surface area contributed by atoms with Crippen LogP contribution in [0.1, 0.15) is 12.0 Å². The molecule has 2 aliphatic heterocycles. The highest BCUT2D eigenvalue weighted by molar-refractivity contribution is 5.99. The van der Waals surface area contributed by atoms with Crippen molar-refractivity contribution < 1.29 is 14.3 Å². The van der Waals surface area contributed by atoms with Crippen LogP contribution in [0, 0.1) is 0 Å². The van der Waals surface area contributed by atoms with Crippen LogP contribution in [0.4, 0.5) is 11.4 Å². The van der Waals surface area contributed by atoms with E-state index in [1.54, 1.807) is 7.11 Å². The monoisotopic (exact) mass is 381 g/mol. The molecule has 0 saturated carbocycles. The minimum atomic E-state index is 0.0550. The van der Waals surface area contributed by atoms with Gasteiger partial charge in [0.05, 0.1) is 25.8 Å². The van der Waals surface area contributed by atoms with Crippen molar-refractivity contribution in [1.82, 2.24) is 4.90 Å². The Balaban J connectivity index is 1.19. The largest absolute Gasteiger partial charge is 0.495 e. The van der Waals surface area contributed by atoms with Gasteiger partial charge in [0, 0.05) is 38.4 Å². The molecular weight excluding hydrogens is 354 g/mol. The highest BCUT2D eigenvalue weighted by Gasteiger charge is 2.20. The lowest BCUT2D eigenvalue weighted by molar-refractivity contribution is -0.115. The van der Waals surface area contributed by atoms with E-state index in [1.165, 1.54) is 5.69 Å². The molecule has 0 aliphatic carbocycles. The molecular formula is C22H27N3O3. The van der Waals surface area contributed by atoms with Gasteiger partial charge in [-0.3, -0.25) is 9.69 Å². The average Bonchev–Trinajstić information content (AvgIpc) is 3.11. The van der Waals surface area contributed by atoms with E-state index in [2.05, 4.69) is 27.2 Å². The zero-order valence-corrected chi connectivity index (χ0v) is 16.3. The zero-order chi connectivity index (χ0) is 19.3. The molecule has 1 amide bonds. The first-order valence-electron chi connectivity index (χ1n) is 9.89. The van der Waals surface area contributed by atoms with E-state index < -0.39 is 0 Å². The fraction of sp³-hybridized carbons (Fsp3) is 0.409. The van der Waals surface area contributed by atoms with Gasteiger partial charge in [0.25, 0.3) is 0 Å². The van der Waals surface area contributed by atoms with Gasteiger partial charge in [-0.05, 0) is 42.3 Å². The third kappa shape index (κ3) is 4.22. The van der Waals surface area contributed by atoms with Crippen molar-refractivity contribution in [1.29, 1.82) is 0 Å². The summed E-state index contributed by atoms with van der Waals surface area (Å²) in [5.41, 5.74) is 3.11. The fourth-order valence-corrected chi connectivity index (χ4v) is 3.88. The van der Waals surface area contributed by atoms with E-state index in [0.717, 1.165) is 61.9 Å². The molecule has 0 spiro atoms. The molecule has 1 N–H and O–H groups in total. The summed E-state index contributed by atoms with van der Waals surface area (Å²) >= 11 is 0. The number of hydrogen-bond acceptors (Lipinski definition) is 5. The Labute approximate surface area is 166 Å². The lowest BCUT2D eigenvalue weighted by Gasteiger charge is -2.36. The number of benzene rings is 2. The summed E-state index contributed by atoms with van der Waals surface area (Å²) in [7, 11) is 1.73. The van der Waals surface area contributed by atoms with Crippen LogP contribution in [-0.2, 0) is 11.2 Å². The maximum Gasteiger partial charge on any atom is 0.228 e. The SMILES string of the molecule is COc1ccccc1N1CCN(CCCOc2ccc3c(c2)CC(=O)N3)CC1. The molecule has 2 heterocycles. The van der Waals surface area contributed by atoms with Crippen LogP contribution in [0.2, 0.25) is 0 Å². The molecule has 0 aromatic heterocycles. The van der Waals surface area contributed by atoms with Crippen molar-refractivity contribution in [3.05, 3.63) is 48.0 Å². The Morgan fingerprint density at radius 1 is 1.07 bits per heavy atom. The standard InChI is InChI=1S/C22H27N3O3/c1-27-21-6-3-2-5-20(21)25-12-10-24(11-13-25)9-4-14-28-18-7-8-19-17(15-18)16-22(26)23-19/h2-3,5-8,15H,4,9-14,16H2,1H3,(H,23,26). The number of nitrogens with zero attached hydrogens (tertiary/aromatic N) is 2. The van der Waals surface area contributed by atoms with Crippen molar-refractivity contribution in [3.63, 3.8) is 0 Å². The summed E-state index contributed by atoms with van der Waals surface area (Å²) in [5, 5.41) is 2.84. The second-order valence-electron chi connectivity index (χ2n) is 7.25. The summed E-state index contributed by atoms with van der Waals surface area (Å²) in [5.74, 6) is 1.84. The van der Waals surface area contributed by atoms with Gasteiger partial charge in [-0.2, -0.15) is 0 Å².